The monoisotopic (exact) mass is 345 g/mol. The van der Waals surface area contributed by atoms with E-state index in [1.807, 2.05) is 29.2 Å². The van der Waals surface area contributed by atoms with Crippen molar-refractivity contribution in [3.05, 3.63) is 42.5 Å². The van der Waals surface area contributed by atoms with Crippen LogP contribution in [-0.4, -0.2) is 68.0 Å². The van der Waals surface area contributed by atoms with Gasteiger partial charge in [-0.05, 0) is 24.1 Å². The molecule has 0 radical (unpaired) electrons. The van der Waals surface area contributed by atoms with E-state index in [1.54, 1.807) is 13.2 Å². The van der Waals surface area contributed by atoms with Gasteiger partial charge in [0.15, 0.2) is 0 Å². The van der Waals surface area contributed by atoms with Crippen molar-refractivity contribution in [2.45, 2.75) is 12.8 Å². The van der Waals surface area contributed by atoms with Crippen LogP contribution in [0.25, 0.3) is 0 Å². The van der Waals surface area contributed by atoms with Gasteiger partial charge in [0.2, 0.25) is 11.8 Å². The Kier molecular flexibility index (Phi) is 7.47. The topological polar surface area (TPSA) is 61.9 Å². The SMILES string of the molecule is C=CCNC(=O)CN1CCN(C(=O)CCc2ccc(OC)cc2)CC1. The number of carbonyl (C=O) groups is 2. The van der Waals surface area contributed by atoms with Crippen molar-refractivity contribution in [3.8, 4) is 5.75 Å². The summed E-state index contributed by atoms with van der Waals surface area (Å²) in [5, 5.41) is 2.77. The molecule has 1 aliphatic heterocycles. The van der Waals surface area contributed by atoms with Gasteiger partial charge < -0.3 is 15.0 Å². The lowest BCUT2D eigenvalue weighted by Gasteiger charge is -2.34. The molecular weight excluding hydrogens is 318 g/mol. The summed E-state index contributed by atoms with van der Waals surface area (Å²) in [7, 11) is 1.64. The highest BCUT2D eigenvalue weighted by Crippen LogP contribution is 2.13. The zero-order valence-electron chi connectivity index (χ0n) is 14.9. The van der Waals surface area contributed by atoms with Crippen molar-refractivity contribution < 1.29 is 14.3 Å². The minimum Gasteiger partial charge on any atom is -0.497 e. The Morgan fingerprint density at radius 3 is 2.48 bits per heavy atom. The zero-order valence-corrected chi connectivity index (χ0v) is 14.9. The van der Waals surface area contributed by atoms with E-state index >= 15 is 0 Å². The van der Waals surface area contributed by atoms with Gasteiger partial charge in [-0.25, -0.2) is 0 Å². The molecule has 0 bridgehead atoms. The molecule has 0 spiro atoms. The highest BCUT2D eigenvalue weighted by Gasteiger charge is 2.21. The average molecular weight is 345 g/mol. The summed E-state index contributed by atoms with van der Waals surface area (Å²) in [5.41, 5.74) is 1.13. The van der Waals surface area contributed by atoms with Crippen molar-refractivity contribution in [1.82, 2.24) is 15.1 Å². The van der Waals surface area contributed by atoms with Gasteiger partial charge in [-0.3, -0.25) is 14.5 Å². The summed E-state index contributed by atoms with van der Waals surface area (Å²) in [6, 6.07) is 7.81. The molecule has 1 aromatic carbocycles. The number of hydrogen-bond acceptors (Lipinski definition) is 4. The predicted octanol–water partition coefficient (Wildman–Crippen LogP) is 1.07. The van der Waals surface area contributed by atoms with Crippen LogP contribution in [0.4, 0.5) is 0 Å². The summed E-state index contributed by atoms with van der Waals surface area (Å²) in [4.78, 5) is 28.0. The maximum atomic E-state index is 12.4. The maximum Gasteiger partial charge on any atom is 0.234 e. The molecule has 1 heterocycles. The summed E-state index contributed by atoms with van der Waals surface area (Å²) in [5.74, 6) is 0.995. The summed E-state index contributed by atoms with van der Waals surface area (Å²) in [6.45, 7) is 7.26. The van der Waals surface area contributed by atoms with E-state index in [1.165, 1.54) is 0 Å². The second-order valence-electron chi connectivity index (χ2n) is 6.10. The number of rotatable bonds is 8. The Hall–Kier alpha value is -2.34. The molecule has 6 nitrogen and oxygen atoms in total. The van der Waals surface area contributed by atoms with Crippen LogP contribution in [0.5, 0.6) is 5.75 Å². The van der Waals surface area contributed by atoms with Crippen LogP contribution in [0.1, 0.15) is 12.0 Å². The largest absolute Gasteiger partial charge is 0.497 e. The average Bonchev–Trinajstić information content (AvgIpc) is 2.65. The highest BCUT2D eigenvalue weighted by atomic mass is 16.5. The molecule has 136 valence electrons. The van der Waals surface area contributed by atoms with Crippen molar-refractivity contribution in [3.63, 3.8) is 0 Å². The minimum atomic E-state index is -0.000757. The van der Waals surface area contributed by atoms with Crippen LogP contribution >= 0.6 is 0 Å². The van der Waals surface area contributed by atoms with Gasteiger partial charge in [0.1, 0.15) is 5.75 Å². The Labute approximate surface area is 149 Å². The number of benzene rings is 1. The van der Waals surface area contributed by atoms with E-state index < -0.39 is 0 Å². The number of piperazine rings is 1. The number of carbonyl (C=O) groups excluding carboxylic acids is 2. The molecule has 0 aliphatic carbocycles. The van der Waals surface area contributed by atoms with Crippen LogP contribution in [0, 0.1) is 0 Å². The Morgan fingerprint density at radius 1 is 1.20 bits per heavy atom. The molecule has 1 saturated heterocycles. The molecular formula is C19H27N3O3. The summed E-state index contributed by atoms with van der Waals surface area (Å²) >= 11 is 0. The summed E-state index contributed by atoms with van der Waals surface area (Å²) < 4.78 is 5.14. The van der Waals surface area contributed by atoms with Gasteiger partial charge in [-0.1, -0.05) is 18.2 Å². The van der Waals surface area contributed by atoms with Gasteiger partial charge in [0, 0.05) is 39.1 Å². The Balaban J connectivity index is 1.69. The standard InChI is InChI=1S/C19H27N3O3/c1-3-10-20-18(23)15-21-11-13-22(14-12-21)19(24)9-6-16-4-7-17(25-2)8-5-16/h3-5,7-8H,1,6,9-15H2,2H3,(H,20,23). The first kappa shape index (κ1) is 19.0. The molecule has 6 heteroatoms. The fourth-order valence-electron chi connectivity index (χ4n) is 2.80. The van der Waals surface area contributed by atoms with Crippen LogP contribution in [-0.2, 0) is 16.0 Å². The number of nitrogens with zero attached hydrogens (tertiary/aromatic N) is 2. The summed E-state index contributed by atoms with van der Waals surface area (Å²) in [6.07, 6.45) is 2.90. The molecule has 2 rings (SSSR count). The molecule has 0 aromatic heterocycles. The van der Waals surface area contributed by atoms with Crippen LogP contribution in [0.3, 0.4) is 0 Å². The predicted molar refractivity (Wildman–Crippen MR) is 97.5 cm³/mol. The second-order valence-corrected chi connectivity index (χ2v) is 6.10. The van der Waals surface area contributed by atoms with Crippen LogP contribution in [0.2, 0.25) is 0 Å². The molecule has 1 N–H and O–H groups in total. The number of hydrogen-bond donors (Lipinski definition) is 1. The van der Waals surface area contributed by atoms with E-state index in [-0.39, 0.29) is 11.8 Å². The third kappa shape index (κ3) is 6.23. The molecule has 1 aliphatic rings. The Bertz CT molecular complexity index is 578. The third-order valence-corrected chi connectivity index (χ3v) is 4.32. The van der Waals surface area contributed by atoms with E-state index in [2.05, 4.69) is 16.8 Å². The first-order valence-corrected chi connectivity index (χ1v) is 8.63. The smallest absolute Gasteiger partial charge is 0.234 e. The number of aryl methyl sites for hydroxylation is 1. The van der Waals surface area contributed by atoms with Gasteiger partial charge in [-0.15, -0.1) is 6.58 Å². The number of methoxy groups -OCH3 is 1. The van der Waals surface area contributed by atoms with E-state index in [0.29, 0.717) is 32.6 Å². The van der Waals surface area contributed by atoms with Gasteiger partial charge in [-0.2, -0.15) is 0 Å². The van der Waals surface area contributed by atoms with Crippen molar-refractivity contribution in [2.75, 3.05) is 46.4 Å². The minimum absolute atomic E-state index is 0.000757. The molecule has 0 saturated carbocycles. The van der Waals surface area contributed by atoms with Crippen LogP contribution < -0.4 is 10.1 Å². The first-order chi connectivity index (χ1) is 12.1. The highest BCUT2D eigenvalue weighted by molar-refractivity contribution is 5.78. The normalized spacial score (nSPS) is 14.8. The van der Waals surface area contributed by atoms with Gasteiger partial charge in [0.05, 0.1) is 13.7 Å². The lowest BCUT2D eigenvalue weighted by molar-refractivity contribution is -0.133. The fourth-order valence-corrected chi connectivity index (χ4v) is 2.80. The van der Waals surface area contributed by atoms with Gasteiger partial charge in [0.25, 0.3) is 0 Å². The lowest BCUT2D eigenvalue weighted by Crippen LogP contribution is -2.51. The van der Waals surface area contributed by atoms with E-state index in [9.17, 15) is 9.59 Å². The lowest BCUT2D eigenvalue weighted by atomic mass is 10.1. The molecule has 1 fully saturated rings. The molecule has 0 unspecified atom stereocenters. The molecule has 1 aromatic rings. The van der Waals surface area contributed by atoms with Crippen LogP contribution in [0.15, 0.2) is 36.9 Å². The zero-order chi connectivity index (χ0) is 18.1. The van der Waals surface area contributed by atoms with E-state index in [4.69, 9.17) is 4.74 Å². The second kappa shape index (κ2) is 9.84. The van der Waals surface area contributed by atoms with Crippen molar-refractivity contribution >= 4 is 11.8 Å². The molecule has 0 atom stereocenters. The quantitative estimate of drug-likeness (QED) is 0.716. The number of nitrogens with one attached hydrogen (secondary N) is 1. The molecule has 2 amide bonds. The maximum absolute atomic E-state index is 12.4. The van der Waals surface area contributed by atoms with Crippen molar-refractivity contribution in [2.24, 2.45) is 0 Å². The first-order valence-electron chi connectivity index (χ1n) is 8.63. The molecule has 25 heavy (non-hydrogen) atoms. The number of ether oxygens (including phenoxy) is 1. The van der Waals surface area contributed by atoms with E-state index in [0.717, 1.165) is 30.8 Å². The number of amides is 2. The van der Waals surface area contributed by atoms with Crippen molar-refractivity contribution in [1.29, 1.82) is 0 Å². The van der Waals surface area contributed by atoms with Gasteiger partial charge >= 0.3 is 0 Å². The Morgan fingerprint density at radius 2 is 1.88 bits per heavy atom. The third-order valence-electron chi connectivity index (χ3n) is 4.32. The fraction of sp³-hybridized carbons (Fsp3) is 0.474.